The summed E-state index contributed by atoms with van der Waals surface area (Å²) in [5, 5.41) is 8.65. The number of amides is 1. The van der Waals surface area contributed by atoms with Crippen LogP contribution in [0.25, 0.3) is 27.7 Å². The third kappa shape index (κ3) is 3.55. The van der Waals surface area contributed by atoms with E-state index in [1.807, 2.05) is 52.9 Å². The van der Waals surface area contributed by atoms with E-state index in [2.05, 4.69) is 20.4 Å². The molecule has 0 saturated carbocycles. The molecule has 152 valence electrons. The van der Waals surface area contributed by atoms with Gasteiger partial charge >= 0.3 is 0 Å². The minimum Gasteiger partial charge on any atom is -0.349 e. The standard InChI is InChI=1S/C23H18N6O2/c30-21(26-13-17-12-25-20-14-24-10-11-28(17)20)15-29-23(31)19-9-5-4-8-18(19)22(27-29)16-6-2-1-3-7-16/h1-12,14H,13,15H2,(H,26,30). The predicted octanol–water partition coefficient (Wildman–Crippen LogP) is 2.42. The zero-order valence-corrected chi connectivity index (χ0v) is 16.5. The van der Waals surface area contributed by atoms with Gasteiger partial charge in [0.15, 0.2) is 5.65 Å². The Kier molecular flexibility index (Phi) is 4.72. The third-order valence-electron chi connectivity index (χ3n) is 5.07. The normalized spacial score (nSPS) is 11.1. The summed E-state index contributed by atoms with van der Waals surface area (Å²) in [5.41, 5.74) is 2.76. The number of aromatic nitrogens is 5. The quantitative estimate of drug-likeness (QED) is 0.480. The maximum atomic E-state index is 13.0. The molecular weight excluding hydrogens is 392 g/mol. The van der Waals surface area contributed by atoms with Crippen LogP contribution in [0.4, 0.5) is 0 Å². The van der Waals surface area contributed by atoms with Crippen LogP contribution < -0.4 is 10.9 Å². The number of nitrogens with zero attached hydrogens (tertiary/aromatic N) is 5. The molecule has 1 amide bonds. The summed E-state index contributed by atoms with van der Waals surface area (Å²) in [5.74, 6) is -0.312. The van der Waals surface area contributed by atoms with Gasteiger partial charge in [0, 0.05) is 23.3 Å². The molecule has 5 aromatic rings. The van der Waals surface area contributed by atoms with Crippen LogP contribution in [0.15, 0.2) is 84.2 Å². The van der Waals surface area contributed by atoms with E-state index in [1.54, 1.807) is 30.9 Å². The van der Waals surface area contributed by atoms with Crippen LogP contribution in [-0.2, 0) is 17.9 Å². The van der Waals surface area contributed by atoms with Gasteiger partial charge in [-0.05, 0) is 6.07 Å². The van der Waals surface area contributed by atoms with Gasteiger partial charge in [-0.25, -0.2) is 9.67 Å². The fourth-order valence-corrected chi connectivity index (χ4v) is 3.56. The fourth-order valence-electron chi connectivity index (χ4n) is 3.56. The Bertz CT molecular complexity index is 1460. The van der Waals surface area contributed by atoms with Crippen LogP contribution in [0.1, 0.15) is 5.69 Å². The Morgan fingerprint density at radius 2 is 1.74 bits per heavy atom. The maximum absolute atomic E-state index is 13.0. The lowest BCUT2D eigenvalue weighted by Gasteiger charge is -2.11. The number of fused-ring (bicyclic) bond motifs is 2. The first-order valence-corrected chi connectivity index (χ1v) is 9.78. The highest BCUT2D eigenvalue weighted by Crippen LogP contribution is 2.24. The largest absolute Gasteiger partial charge is 0.349 e. The lowest BCUT2D eigenvalue weighted by molar-refractivity contribution is -0.122. The van der Waals surface area contributed by atoms with Crippen LogP contribution in [0.2, 0.25) is 0 Å². The first-order valence-electron chi connectivity index (χ1n) is 9.78. The van der Waals surface area contributed by atoms with Gasteiger partial charge in [-0.3, -0.25) is 19.0 Å². The van der Waals surface area contributed by atoms with E-state index in [4.69, 9.17) is 0 Å². The van der Waals surface area contributed by atoms with Crippen LogP contribution >= 0.6 is 0 Å². The number of benzene rings is 2. The smallest absolute Gasteiger partial charge is 0.275 e. The van der Waals surface area contributed by atoms with Crippen molar-refractivity contribution in [3.05, 3.63) is 95.4 Å². The van der Waals surface area contributed by atoms with Crippen molar-refractivity contribution >= 4 is 22.3 Å². The first-order chi connectivity index (χ1) is 15.2. The molecule has 0 fully saturated rings. The second-order valence-corrected chi connectivity index (χ2v) is 7.05. The number of nitrogens with one attached hydrogen (secondary N) is 1. The van der Waals surface area contributed by atoms with E-state index >= 15 is 0 Å². The number of hydrogen-bond acceptors (Lipinski definition) is 5. The molecule has 0 saturated heterocycles. The van der Waals surface area contributed by atoms with E-state index in [-0.39, 0.29) is 24.6 Å². The van der Waals surface area contributed by atoms with Gasteiger partial charge in [-0.15, -0.1) is 0 Å². The number of carbonyl (C=O) groups excluding carboxylic acids is 1. The topological polar surface area (TPSA) is 94.2 Å². The van der Waals surface area contributed by atoms with Gasteiger partial charge in [0.2, 0.25) is 5.91 Å². The average molecular weight is 410 g/mol. The molecule has 2 aromatic carbocycles. The van der Waals surface area contributed by atoms with E-state index in [0.29, 0.717) is 16.7 Å². The lowest BCUT2D eigenvalue weighted by atomic mass is 10.1. The van der Waals surface area contributed by atoms with E-state index in [9.17, 15) is 9.59 Å². The molecule has 5 rings (SSSR count). The summed E-state index contributed by atoms with van der Waals surface area (Å²) in [7, 11) is 0. The van der Waals surface area contributed by atoms with Crippen molar-refractivity contribution in [1.29, 1.82) is 0 Å². The molecule has 0 spiro atoms. The van der Waals surface area contributed by atoms with Crippen molar-refractivity contribution in [2.24, 2.45) is 0 Å². The van der Waals surface area contributed by atoms with Gasteiger partial charge in [-0.2, -0.15) is 5.10 Å². The molecule has 8 nitrogen and oxygen atoms in total. The van der Waals surface area contributed by atoms with Gasteiger partial charge < -0.3 is 5.32 Å². The second-order valence-electron chi connectivity index (χ2n) is 7.05. The number of carbonyl (C=O) groups is 1. The van der Waals surface area contributed by atoms with Crippen molar-refractivity contribution in [2.45, 2.75) is 13.1 Å². The molecule has 3 aromatic heterocycles. The lowest BCUT2D eigenvalue weighted by Crippen LogP contribution is -2.34. The highest BCUT2D eigenvalue weighted by molar-refractivity contribution is 5.93. The SMILES string of the molecule is O=C(Cn1nc(-c2ccccc2)c2ccccc2c1=O)NCc1cnc2cnccn12. The van der Waals surface area contributed by atoms with Gasteiger partial charge in [-0.1, -0.05) is 48.5 Å². The van der Waals surface area contributed by atoms with Crippen molar-refractivity contribution < 1.29 is 4.79 Å². The van der Waals surface area contributed by atoms with Crippen molar-refractivity contribution in [2.75, 3.05) is 0 Å². The molecule has 3 heterocycles. The zero-order valence-electron chi connectivity index (χ0n) is 16.5. The molecule has 31 heavy (non-hydrogen) atoms. The molecule has 0 unspecified atom stereocenters. The Labute approximate surface area is 176 Å². The molecule has 0 atom stereocenters. The van der Waals surface area contributed by atoms with Crippen molar-refractivity contribution in [3.63, 3.8) is 0 Å². The fraction of sp³-hybridized carbons (Fsp3) is 0.0870. The zero-order chi connectivity index (χ0) is 21.2. The van der Waals surface area contributed by atoms with Crippen LogP contribution in [0.5, 0.6) is 0 Å². The Morgan fingerprint density at radius 1 is 0.968 bits per heavy atom. The molecule has 0 radical (unpaired) electrons. The summed E-state index contributed by atoms with van der Waals surface area (Å²) in [6.45, 7) is 0.0969. The third-order valence-corrected chi connectivity index (χ3v) is 5.07. The maximum Gasteiger partial charge on any atom is 0.275 e. The van der Waals surface area contributed by atoms with Crippen LogP contribution in [-0.4, -0.2) is 30.1 Å². The summed E-state index contributed by atoms with van der Waals surface area (Å²) >= 11 is 0. The molecule has 0 bridgehead atoms. The number of imidazole rings is 1. The van der Waals surface area contributed by atoms with E-state index in [1.165, 1.54) is 4.68 Å². The molecule has 8 heteroatoms. The minimum atomic E-state index is -0.312. The first kappa shape index (κ1) is 18.7. The minimum absolute atomic E-state index is 0.179. The van der Waals surface area contributed by atoms with Crippen molar-refractivity contribution in [1.82, 2.24) is 29.5 Å². The number of rotatable bonds is 5. The predicted molar refractivity (Wildman–Crippen MR) is 116 cm³/mol. The van der Waals surface area contributed by atoms with Crippen LogP contribution in [0.3, 0.4) is 0 Å². The van der Waals surface area contributed by atoms with E-state index in [0.717, 1.165) is 16.6 Å². The summed E-state index contributed by atoms with van der Waals surface area (Å²) < 4.78 is 3.07. The monoisotopic (exact) mass is 410 g/mol. The van der Waals surface area contributed by atoms with Gasteiger partial charge in [0.05, 0.1) is 35.7 Å². The van der Waals surface area contributed by atoms with Crippen LogP contribution in [0, 0.1) is 0 Å². The molecule has 0 aliphatic heterocycles. The highest BCUT2D eigenvalue weighted by Gasteiger charge is 2.14. The molecular formula is C23H18N6O2. The van der Waals surface area contributed by atoms with Gasteiger partial charge in [0.25, 0.3) is 5.56 Å². The summed E-state index contributed by atoms with van der Waals surface area (Å²) in [6, 6.07) is 16.9. The van der Waals surface area contributed by atoms with E-state index < -0.39 is 0 Å². The number of hydrogen-bond donors (Lipinski definition) is 1. The average Bonchev–Trinajstić information content (AvgIpc) is 3.23. The Hall–Kier alpha value is -4.33. The second kappa shape index (κ2) is 7.83. The summed E-state index contributed by atoms with van der Waals surface area (Å²) in [4.78, 5) is 33.9. The highest BCUT2D eigenvalue weighted by atomic mass is 16.2. The van der Waals surface area contributed by atoms with Crippen molar-refractivity contribution in [3.8, 4) is 11.3 Å². The molecule has 0 aliphatic rings. The summed E-state index contributed by atoms with van der Waals surface area (Å²) in [6.07, 6.45) is 6.77. The van der Waals surface area contributed by atoms with Gasteiger partial charge in [0.1, 0.15) is 6.54 Å². The Morgan fingerprint density at radius 3 is 2.58 bits per heavy atom. The molecule has 1 N–H and O–H groups in total. The molecule has 0 aliphatic carbocycles. The Balaban J connectivity index is 1.44.